The van der Waals surface area contributed by atoms with Crippen LogP contribution < -0.4 is 4.74 Å². The van der Waals surface area contributed by atoms with E-state index in [0.717, 1.165) is 46.8 Å². The molecule has 2 aromatic heterocycles. The van der Waals surface area contributed by atoms with Gasteiger partial charge in [0.1, 0.15) is 11.5 Å². The molecule has 2 bridgehead atoms. The highest BCUT2D eigenvalue weighted by molar-refractivity contribution is 8.18. The number of carbonyl (C=O) groups excluding carboxylic acids is 1. The lowest BCUT2D eigenvalue weighted by molar-refractivity contribution is -0.122. The van der Waals surface area contributed by atoms with Crippen molar-refractivity contribution in [3.8, 4) is 22.7 Å². The summed E-state index contributed by atoms with van der Waals surface area (Å²) in [6.45, 7) is 7.31. The number of hydrogen-bond acceptors (Lipinski definition) is 7. The molecule has 3 aliphatic rings. The Hall–Kier alpha value is -4.37. The fourth-order valence-corrected chi connectivity index (χ4v) is 7.70. The molecule has 4 aromatic rings. The highest BCUT2D eigenvalue weighted by atomic mass is 32.2. The summed E-state index contributed by atoms with van der Waals surface area (Å²) in [6.07, 6.45) is 8.81. The van der Waals surface area contributed by atoms with Gasteiger partial charge in [-0.1, -0.05) is 39.0 Å². The number of thioether (sulfide) groups is 1. The molecular formula is C35H35N5O3S. The van der Waals surface area contributed by atoms with Crippen LogP contribution in [-0.2, 0) is 11.3 Å². The highest BCUT2D eigenvalue weighted by Gasteiger charge is 2.60. The van der Waals surface area contributed by atoms with Crippen LogP contribution in [0.2, 0.25) is 0 Å². The fourth-order valence-electron chi connectivity index (χ4n) is 6.78. The number of amides is 1. The number of carbonyl (C=O) groups is 1. The van der Waals surface area contributed by atoms with Gasteiger partial charge in [0.25, 0.3) is 5.91 Å². The Labute approximate surface area is 261 Å². The van der Waals surface area contributed by atoms with Gasteiger partial charge in [0.2, 0.25) is 0 Å². The number of aromatic nitrogens is 2. The molecule has 7 rings (SSSR count). The van der Waals surface area contributed by atoms with E-state index in [9.17, 15) is 4.79 Å². The van der Waals surface area contributed by atoms with Crippen molar-refractivity contribution >= 4 is 34.6 Å². The minimum atomic E-state index is -0.141. The molecule has 2 unspecified atom stereocenters. The van der Waals surface area contributed by atoms with E-state index in [2.05, 4.69) is 20.8 Å². The molecule has 9 heteroatoms. The number of para-hydroxylation sites is 1. The Bertz CT molecular complexity index is 1790. The zero-order valence-corrected chi connectivity index (χ0v) is 26.2. The van der Waals surface area contributed by atoms with Crippen molar-refractivity contribution in [1.82, 2.24) is 14.7 Å². The summed E-state index contributed by atoms with van der Waals surface area (Å²) in [6, 6.07) is 21.4. The standard InChI is InChI=1S/C35H35N5O3S/c1-34(2)25-16-17-35(34,3)30(20-25)36-37-33-39(22-28-11-8-18-43-28)32(41)29(44-33)19-24-21-40(26-9-6-5-7-10-26)38-31(24)23-12-14-27(42-4)15-13-23/h5-15,18-19,21,25H,16-17,20,22H2,1-4H3/b29-19+,36-30+,37-33+. The van der Waals surface area contributed by atoms with Crippen LogP contribution in [0.15, 0.2) is 98.7 Å². The van der Waals surface area contributed by atoms with E-state index >= 15 is 0 Å². The highest BCUT2D eigenvalue weighted by Crippen LogP contribution is 2.64. The predicted molar refractivity (Wildman–Crippen MR) is 174 cm³/mol. The van der Waals surface area contributed by atoms with Crippen LogP contribution in [0.5, 0.6) is 5.75 Å². The van der Waals surface area contributed by atoms with Crippen molar-refractivity contribution < 1.29 is 13.9 Å². The maximum atomic E-state index is 14.0. The van der Waals surface area contributed by atoms with Gasteiger partial charge in [0.15, 0.2) is 5.17 Å². The van der Waals surface area contributed by atoms with Crippen LogP contribution in [0, 0.1) is 16.7 Å². The Kier molecular flexibility index (Phi) is 7.08. The summed E-state index contributed by atoms with van der Waals surface area (Å²) >= 11 is 1.34. The zero-order valence-electron chi connectivity index (χ0n) is 25.4. The Morgan fingerprint density at radius 1 is 1.07 bits per heavy atom. The summed E-state index contributed by atoms with van der Waals surface area (Å²) in [7, 11) is 1.65. The van der Waals surface area contributed by atoms with Gasteiger partial charge in [-0.25, -0.2) is 4.68 Å². The predicted octanol–water partition coefficient (Wildman–Crippen LogP) is 7.82. The molecule has 224 valence electrons. The molecule has 0 N–H and O–H groups in total. The van der Waals surface area contributed by atoms with Crippen LogP contribution in [0.25, 0.3) is 23.0 Å². The minimum absolute atomic E-state index is 0.0266. The molecule has 2 saturated carbocycles. The Morgan fingerprint density at radius 3 is 2.52 bits per heavy atom. The van der Waals surface area contributed by atoms with Crippen LogP contribution in [0.1, 0.15) is 51.4 Å². The van der Waals surface area contributed by atoms with Gasteiger partial charge in [-0.2, -0.15) is 10.2 Å². The lowest BCUT2D eigenvalue weighted by Crippen LogP contribution is -2.32. The van der Waals surface area contributed by atoms with Gasteiger partial charge in [-0.15, -0.1) is 5.10 Å². The van der Waals surface area contributed by atoms with E-state index in [1.54, 1.807) is 18.3 Å². The molecule has 1 saturated heterocycles. The second-order valence-corrected chi connectivity index (χ2v) is 13.5. The van der Waals surface area contributed by atoms with Gasteiger partial charge >= 0.3 is 0 Å². The van der Waals surface area contributed by atoms with Gasteiger partial charge < -0.3 is 9.15 Å². The summed E-state index contributed by atoms with van der Waals surface area (Å²) in [5, 5.41) is 15.1. The molecule has 44 heavy (non-hydrogen) atoms. The third-order valence-corrected chi connectivity index (χ3v) is 11.0. The number of ether oxygens (including phenoxy) is 1. The van der Waals surface area contributed by atoms with E-state index in [1.807, 2.05) is 83.7 Å². The first-order chi connectivity index (χ1) is 21.3. The van der Waals surface area contributed by atoms with Crippen LogP contribution in [0.3, 0.4) is 0 Å². The number of rotatable bonds is 7. The second-order valence-electron chi connectivity index (χ2n) is 12.4. The van der Waals surface area contributed by atoms with E-state index in [4.69, 9.17) is 24.5 Å². The molecule has 2 aliphatic carbocycles. The van der Waals surface area contributed by atoms with Gasteiger partial charge in [0.05, 0.1) is 36.2 Å². The molecule has 8 nitrogen and oxygen atoms in total. The molecule has 1 amide bonds. The molecular weight excluding hydrogens is 570 g/mol. The van der Waals surface area contributed by atoms with Crippen LogP contribution >= 0.6 is 11.8 Å². The number of hydrogen-bond donors (Lipinski definition) is 0. The number of methoxy groups -OCH3 is 1. The average molecular weight is 606 g/mol. The molecule has 2 aromatic carbocycles. The van der Waals surface area contributed by atoms with Crippen molar-refractivity contribution in [2.45, 2.75) is 46.6 Å². The molecule has 0 radical (unpaired) electrons. The normalized spacial score (nSPS) is 25.2. The van der Waals surface area contributed by atoms with E-state index in [0.29, 0.717) is 21.8 Å². The van der Waals surface area contributed by atoms with Gasteiger partial charge in [0, 0.05) is 28.5 Å². The molecule has 0 spiro atoms. The molecule has 3 fully saturated rings. The van der Waals surface area contributed by atoms with Crippen molar-refractivity contribution in [2.24, 2.45) is 27.0 Å². The first-order valence-corrected chi connectivity index (χ1v) is 15.8. The maximum absolute atomic E-state index is 14.0. The quantitative estimate of drug-likeness (QED) is 0.158. The fraction of sp³-hybridized carbons (Fsp3) is 0.314. The lowest BCUT2D eigenvalue weighted by atomic mass is 9.70. The van der Waals surface area contributed by atoms with Crippen molar-refractivity contribution in [3.05, 3.63) is 95.4 Å². The minimum Gasteiger partial charge on any atom is -0.497 e. The molecule has 2 atom stereocenters. The first-order valence-electron chi connectivity index (χ1n) is 14.9. The SMILES string of the molecule is COc1ccc(-c2nn(-c3ccccc3)cc2/C=C2/S/C(=N/N=C3\CC4CCC3(C)C4(C)C)N(Cc3ccco3)C2=O)cc1. The molecule has 3 heterocycles. The summed E-state index contributed by atoms with van der Waals surface area (Å²) in [4.78, 5) is 16.2. The summed E-state index contributed by atoms with van der Waals surface area (Å²) in [5.41, 5.74) is 4.79. The average Bonchev–Trinajstić information content (AvgIpc) is 3.84. The second kappa shape index (κ2) is 11.0. The van der Waals surface area contributed by atoms with Crippen molar-refractivity contribution in [3.63, 3.8) is 0 Å². The Balaban J connectivity index is 1.28. The number of nitrogens with zero attached hydrogens (tertiary/aromatic N) is 5. The topological polar surface area (TPSA) is 85.2 Å². The van der Waals surface area contributed by atoms with E-state index < -0.39 is 0 Å². The largest absolute Gasteiger partial charge is 0.497 e. The smallest absolute Gasteiger partial charge is 0.267 e. The van der Waals surface area contributed by atoms with Crippen molar-refractivity contribution in [1.29, 1.82) is 0 Å². The summed E-state index contributed by atoms with van der Waals surface area (Å²) in [5.74, 6) is 1.93. The maximum Gasteiger partial charge on any atom is 0.267 e. The summed E-state index contributed by atoms with van der Waals surface area (Å²) < 4.78 is 12.8. The Morgan fingerprint density at radius 2 is 1.86 bits per heavy atom. The number of amidine groups is 1. The van der Waals surface area contributed by atoms with E-state index in [-0.39, 0.29) is 23.3 Å². The molecule has 1 aliphatic heterocycles. The monoisotopic (exact) mass is 605 g/mol. The third-order valence-electron chi connectivity index (χ3n) is 9.96. The third kappa shape index (κ3) is 4.79. The van der Waals surface area contributed by atoms with Crippen LogP contribution in [0.4, 0.5) is 0 Å². The number of furan rings is 1. The lowest BCUT2D eigenvalue weighted by Gasteiger charge is -2.34. The van der Waals surface area contributed by atoms with Crippen molar-refractivity contribution in [2.75, 3.05) is 7.11 Å². The van der Waals surface area contributed by atoms with E-state index in [1.165, 1.54) is 18.2 Å². The van der Waals surface area contributed by atoms with Gasteiger partial charge in [-0.3, -0.25) is 9.69 Å². The van der Waals surface area contributed by atoms with Crippen LogP contribution in [-0.4, -0.2) is 38.6 Å². The number of fused-ring (bicyclic) bond motifs is 2. The first kappa shape index (κ1) is 28.4. The zero-order chi connectivity index (χ0) is 30.5. The number of benzene rings is 2. The van der Waals surface area contributed by atoms with Gasteiger partial charge in [-0.05, 0) is 97.0 Å².